The molecular weight excluding hydrogens is 429 g/mol. The van der Waals surface area contributed by atoms with E-state index in [9.17, 15) is 0 Å². The van der Waals surface area contributed by atoms with Crippen LogP contribution in [0.4, 0.5) is 0 Å². The first kappa shape index (κ1) is 21.3. The molecule has 0 bridgehead atoms. The number of rotatable bonds is 8. The summed E-state index contributed by atoms with van der Waals surface area (Å²) in [5.41, 5.74) is 1.27. The van der Waals surface area contributed by atoms with Gasteiger partial charge in [0.1, 0.15) is 11.5 Å². The smallest absolute Gasteiger partial charge is 0.191 e. The molecule has 0 atom stereocenters. The van der Waals surface area contributed by atoms with Gasteiger partial charge in [-0.15, -0.1) is 24.0 Å². The Hall–Kier alpha value is -1.70. The summed E-state index contributed by atoms with van der Waals surface area (Å²) in [6.07, 6.45) is 3.67. The Bertz CT molecular complexity index is 610. The van der Waals surface area contributed by atoms with Crippen LogP contribution in [0.3, 0.4) is 0 Å². The van der Waals surface area contributed by atoms with Crippen LogP contribution < -0.4 is 15.4 Å². The van der Waals surface area contributed by atoms with Crippen molar-refractivity contribution in [2.24, 2.45) is 4.99 Å². The number of aliphatic imine (C=N–C) groups is 1. The van der Waals surface area contributed by atoms with Crippen LogP contribution >= 0.6 is 24.0 Å². The van der Waals surface area contributed by atoms with E-state index < -0.39 is 0 Å². The average Bonchev–Trinajstić information content (AvgIpc) is 3.08. The second-order valence-corrected chi connectivity index (χ2v) is 5.82. The maximum absolute atomic E-state index is 5.65. The van der Waals surface area contributed by atoms with Gasteiger partial charge in [-0.3, -0.25) is 4.99 Å². The zero-order valence-corrected chi connectivity index (χ0v) is 17.4. The van der Waals surface area contributed by atoms with E-state index in [1.165, 1.54) is 5.56 Å². The lowest BCUT2D eigenvalue weighted by molar-refractivity contribution is 0.242. The number of nitrogens with one attached hydrogen (secondary N) is 2. The summed E-state index contributed by atoms with van der Waals surface area (Å²) in [6, 6.07) is 12.1. The van der Waals surface area contributed by atoms with Crippen LogP contribution in [0.15, 0.2) is 52.1 Å². The highest BCUT2D eigenvalue weighted by atomic mass is 127. The van der Waals surface area contributed by atoms with E-state index in [-0.39, 0.29) is 30.1 Å². The molecule has 0 fully saturated rings. The number of furan rings is 1. The predicted molar refractivity (Wildman–Crippen MR) is 113 cm³/mol. The van der Waals surface area contributed by atoms with Crippen molar-refractivity contribution < 1.29 is 9.15 Å². The summed E-state index contributed by atoms with van der Waals surface area (Å²) in [6.45, 7) is 5.67. The van der Waals surface area contributed by atoms with Crippen LogP contribution in [0.25, 0.3) is 0 Å². The lowest BCUT2D eigenvalue weighted by atomic mass is 10.1. The molecule has 25 heavy (non-hydrogen) atoms. The molecule has 6 heteroatoms. The molecule has 0 amide bonds. The standard InChI is InChI=1S/C19H27N3O2.HI/c1-15(2)24-18-8-6-16(7-9-18)10-12-21-19(20-3)22-13-11-17-5-4-14-23-17;/h4-9,14-15H,10-13H2,1-3H3,(H2,20,21,22);1H. The van der Waals surface area contributed by atoms with Gasteiger partial charge in [0.15, 0.2) is 5.96 Å². The summed E-state index contributed by atoms with van der Waals surface area (Å²) in [7, 11) is 1.78. The quantitative estimate of drug-likeness (QED) is 0.361. The predicted octanol–water partition coefficient (Wildman–Crippen LogP) is 3.64. The molecule has 0 saturated carbocycles. The van der Waals surface area contributed by atoms with E-state index in [1.807, 2.05) is 38.1 Å². The van der Waals surface area contributed by atoms with Gasteiger partial charge in [0.05, 0.1) is 12.4 Å². The highest BCUT2D eigenvalue weighted by Gasteiger charge is 2.01. The molecule has 2 aromatic rings. The Morgan fingerprint density at radius 2 is 1.76 bits per heavy atom. The summed E-state index contributed by atoms with van der Waals surface area (Å²) >= 11 is 0. The Morgan fingerprint density at radius 3 is 2.32 bits per heavy atom. The van der Waals surface area contributed by atoms with Crippen LogP contribution in [0.1, 0.15) is 25.2 Å². The molecule has 1 heterocycles. The molecule has 2 N–H and O–H groups in total. The summed E-state index contributed by atoms with van der Waals surface area (Å²) < 4.78 is 11.0. The molecule has 5 nitrogen and oxygen atoms in total. The van der Waals surface area contributed by atoms with Crippen molar-refractivity contribution in [3.63, 3.8) is 0 Å². The fraction of sp³-hybridized carbons (Fsp3) is 0.421. The molecule has 0 saturated heterocycles. The van der Waals surface area contributed by atoms with Gasteiger partial charge in [-0.1, -0.05) is 12.1 Å². The minimum Gasteiger partial charge on any atom is -0.491 e. The van der Waals surface area contributed by atoms with Crippen molar-refractivity contribution in [3.05, 3.63) is 54.0 Å². The minimum absolute atomic E-state index is 0. The molecule has 0 aliphatic rings. The second kappa shape index (κ2) is 11.8. The van der Waals surface area contributed by atoms with Crippen LogP contribution in [0, 0.1) is 0 Å². The van der Waals surface area contributed by atoms with E-state index >= 15 is 0 Å². The van der Waals surface area contributed by atoms with Crippen LogP contribution in [0.2, 0.25) is 0 Å². The average molecular weight is 457 g/mol. The zero-order valence-electron chi connectivity index (χ0n) is 15.1. The van der Waals surface area contributed by atoms with E-state index in [1.54, 1.807) is 13.3 Å². The Kier molecular flexibility index (Phi) is 10.1. The van der Waals surface area contributed by atoms with Crippen molar-refractivity contribution in [2.45, 2.75) is 32.8 Å². The first-order chi connectivity index (χ1) is 11.7. The Labute approximate surface area is 167 Å². The zero-order chi connectivity index (χ0) is 17.2. The first-order valence-corrected chi connectivity index (χ1v) is 8.40. The first-order valence-electron chi connectivity index (χ1n) is 8.40. The van der Waals surface area contributed by atoms with Crippen LogP contribution in [-0.4, -0.2) is 32.2 Å². The molecule has 0 aliphatic heterocycles. The van der Waals surface area contributed by atoms with Gasteiger partial charge in [-0.25, -0.2) is 0 Å². The van der Waals surface area contributed by atoms with Crippen LogP contribution in [-0.2, 0) is 12.8 Å². The summed E-state index contributed by atoms with van der Waals surface area (Å²) in [5, 5.41) is 6.61. The Balaban J connectivity index is 0.00000312. The minimum atomic E-state index is 0. The van der Waals surface area contributed by atoms with Gasteiger partial charge in [-0.2, -0.15) is 0 Å². The monoisotopic (exact) mass is 457 g/mol. The molecule has 138 valence electrons. The highest BCUT2D eigenvalue weighted by molar-refractivity contribution is 14.0. The van der Waals surface area contributed by atoms with Gasteiger partial charge in [0, 0.05) is 26.6 Å². The molecular formula is C19H28IN3O2. The molecule has 0 aliphatic carbocycles. The van der Waals surface area contributed by atoms with E-state index in [0.29, 0.717) is 0 Å². The van der Waals surface area contributed by atoms with Crippen molar-refractivity contribution >= 4 is 29.9 Å². The molecule has 2 rings (SSSR count). The van der Waals surface area contributed by atoms with Gasteiger partial charge in [0.25, 0.3) is 0 Å². The third-order valence-corrected chi connectivity index (χ3v) is 3.47. The summed E-state index contributed by atoms with van der Waals surface area (Å²) in [5.74, 6) is 2.69. The van der Waals surface area contributed by atoms with Crippen molar-refractivity contribution in [1.29, 1.82) is 0 Å². The fourth-order valence-corrected chi connectivity index (χ4v) is 2.31. The Morgan fingerprint density at radius 1 is 1.08 bits per heavy atom. The third kappa shape index (κ3) is 8.29. The third-order valence-electron chi connectivity index (χ3n) is 3.47. The number of hydrogen-bond acceptors (Lipinski definition) is 3. The maximum atomic E-state index is 5.65. The largest absolute Gasteiger partial charge is 0.491 e. The summed E-state index contributed by atoms with van der Waals surface area (Å²) in [4.78, 5) is 4.23. The molecule has 0 unspecified atom stereocenters. The topological polar surface area (TPSA) is 58.8 Å². The molecule has 0 radical (unpaired) electrons. The number of guanidine groups is 1. The molecule has 0 spiro atoms. The van der Waals surface area contributed by atoms with Gasteiger partial charge in [-0.05, 0) is 50.1 Å². The maximum Gasteiger partial charge on any atom is 0.191 e. The van der Waals surface area contributed by atoms with E-state index in [4.69, 9.17) is 9.15 Å². The number of ether oxygens (including phenoxy) is 1. The van der Waals surface area contributed by atoms with Gasteiger partial charge in [0.2, 0.25) is 0 Å². The van der Waals surface area contributed by atoms with Crippen LogP contribution in [0.5, 0.6) is 5.75 Å². The van der Waals surface area contributed by atoms with E-state index in [0.717, 1.165) is 43.4 Å². The lowest BCUT2D eigenvalue weighted by Gasteiger charge is -2.12. The molecule has 1 aromatic heterocycles. The van der Waals surface area contributed by atoms with E-state index in [2.05, 4.69) is 27.8 Å². The molecule has 1 aromatic carbocycles. The van der Waals surface area contributed by atoms with Crippen molar-refractivity contribution in [1.82, 2.24) is 10.6 Å². The lowest BCUT2D eigenvalue weighted by Crippen LogP contribution is -2.39. The number of benzene rings is 1. The van der Waals surface area contributed by atoms with Gasteiger partial charge >= 0.3 is 0 Å². The number of nitrogens with zero attached hydrogens (tertiary/aromatic N) is 1. The van der Waals surface area contributed by atoms with Gasteiger partial charge < -0.3 is 19.8 Å². The number of halogens is 1. The van der Waals surface area contributed by atoms with Crippen molar-refractivity contribution in [3.8, 4) is 5.75 Å². The van der Waals surface area contributed by atoms with Crippen molar-refractivity contribution in [2.75, 3.05) is 20.1 Å². The normalized spacial score (nSPS) is 11.1. The highest BCUT2D eigenvalue weighted by Crippen LogP contribution is 2.13. The number of hydrogen-bond donors (Lipinski definition) is 2. The fourth-order valence-electron chi connectivity index (χ4n) is 2.31. The second-order valence-electron chi connectivity index (χ2n) is 5.82. The SMILES string of the molecule is CN=C(NCCc1ccc(OC(C)C)cc1)NCCc1ccco1.I.